The Bertz CT molecular complexity index is 631. The summed E-state index contributed by atoms with van der Waals surface area (Å²) in [5.41, 5.74) is 1.18. The molecule has 0 aliphatic heterocycles. The molecule has 0 bridgehead atoms. The number of aryl methyl sites for hydroxylation is 2. The van der Waals surface area contributed by atoms with Crippen molar-refractivity contribution in [1.82, 2.24) is 20.0 Å². The molecule has 0 radical (unpaired) electrons. The number of nitrogens with zero attached hydrogens (tertiary/aromatic N) is 3. The molecule has 7 nitrogen and oxygen atoms in total. The van der Waals surface area contributed by atoms with E-state index >= 15 is 0 Å². The second kappa shape index (κ2) is 6.25. The van der Waals surface area contributed by atoms with Gasteiger partial charge in [-0.3, -0.25) is 14.3 Å². The molecule has 0 spiro atoms. The van der Waals surface area contributed by atoms with E-state index in [0.717, 1.165) is 5.69 Å². The van der Waals surface area contributed by atoms with Crippen LogP contribution in [0, 0.1) is 6.92 Å². The number of rotatable bonds is 5. The Morgan fingerprint density at radius 3 is 2.81 bits per heavy atom. The van der Waals surface area contributed by atoms with Gasteiger partial charge in [0.25, 0.3) is 5.91 Å². The summed E-state index contributed by atoms with van der Waals surface area (Å²) >= 11 is 0. The average Bonchev–Trinajstić information content (AvgIpc) is 3.05. The average molecular weight is 290 g/mol. The molecule has 0 fully saturated rings. The van der Waals surface area contributed by atoms with Crippen molar-refractivity contribution in [1.29, 1.82) is 0 Å². The van der Waals surface area contributed by atoms with Gasteiger partial charge in [0, 0.05) is 14.1 Å². The first kappa shape index (κ1) is 14.8. The zero-order valence-electron chi connectivity index (χ0n) is 12.3. The van der Waals surface area contributed by atoms with Crippen LogP contribution in [0.2, 0.25) is 0 Å². The van der Waals surface area contributed by atoms with Gasteiger partial charge in [0.15, 0.2) is 0 Å². The summed E-state index contributed by atoms with van der Waals surface area (Å²) in [5.74, 6) is 0.177. The van der Waals surface area contributed by atoms with Crippen LogP contribution in [-0.4, -0.2) is 40.1 Å². The summed E-state index contributed by atoms with van der Waals surface area (Å²) in [6.45, 7) is 2.10. The Balaban J connectivity index is 1.86. The molecule has 1 N–H and O–H groups in total. The van der Waals surface area contributed by atoms with Gasteiger partial charge in [-0.25, -0.2) is 0 Å². The van der Waals surface area contributed by atoms with Crippen LogP contribution >= 0.6 is 0 Å². The Kier molecular flexibility index (Phi) is 4.42. The summed E-state index contributed by atoms with van der Waals surface area (Å²) in [5, 5.41) is 6.68. The first-order valence-electron chi connectivity index (χ1n) is 6.52. The summed E-state index contributed by atoms with van der Waals surface area (Å²) in [6.07, 6.45) is 1.56. The Morgan fingerprint density at radius 2 is 2.24 bits per heavy atom. The molecule has 0 atom stereocenters. The van der Waals surface area contributed by atoms with Crippen molar-refractivity contribution in [2.75, 3.05) is 13.6 Å². The lowest BCUT2D eigenvalue weighted by atomic mass is 10.3. The largest absolute Gasteiger partial charge is 0.467 e. The predicted octanol–water partition coefficient (Wildman–Crippen LogP) is 0.710. The van der Waals surface area contributed by atoms with Crippen LogP contribution in [0.5, 0.6) is 0 Å². The molecule has 112 valence electrons. The topological polar surface area (TPSA) is 80.4 Å². The lowest BCUT2D eigenvalue weighted by molar-refractivity contribution is -0.129. The standard InChI is InChI=1S/C14H18N4O3/c1-10-7-12(18(3)16-10)14(20)15-8-13(19)17(2)9-11-5-4-6-21-11/h4-7H,8-9H2,1-3H3,(H,15,20). The second-order valence-electron chi connectivity index (χ2n) is 4.81. The van der Waals surface area contributed by atoms with Crippen LogP contribution < -0.4 is 5.32 Å². The van der Waals surface area contributed by atoms with Gasteiger partial charge in [-0.1, -0.05) is 0 Å². The van der Waals surface area contributed by atoms with E-state index < -0.39 is 0 Å². The molecule has 21 heavy (non-hydrogen) atoms. The molecule has 0 unspecified atom stereocenters. The second-order valence-corrected chi connectivity index (χ2v) is 4.81. The Morgan fingerprint density at radius 1 is 1.48 bits per heavy atom. The fourth-order valence-electron chi connectivity index (χ4n) is 1.93. The minimum Gasteiger partial charge on any atom is -0.467 e. The van der Waals surface area contributed by atoms with Gasteiger partial charge in [-0.15, -0.1) is 0 Å². The highest BCUT2D eigenvalue weighted by atomic mass is 16.3. The number of likely N-dealkylation sites (N-methyl/N-ethyl adjacent to an activating group) is 1. The summed E-state index contributed by atoms with van der Waals surface area (Å²) < 4.78 is 6.66. The van der Waals surface area contributed by atoms with E-state index in [4.69, 9.17) is 4.42 Å². The van der Waals surface area contributed by atoms with Crippen molar-refractivity contribution in [3.63, 3.8) is 0 Å². The molecule has 2 amide bonds. The number of aromatic nitrogens is 2. The highest BCUT2D eigenvalue weighted by Gasteiger charge is 2.15. The SMILES string of the molecule is Cc1cc(C(=O)NCC(=O)N(C)Cc2ccco2)n(C)n1. The summed E-state index contributed by atoms with van der Waals surface area (Å²) in [4.78, 5) is 25.4. The van der Waals surface area contributed by atoms with Crippen LogP contribution in [0.3, 0.4) is 0 Å². The van der Waals surface area contributed by atoms with Crippen molar-refractivity contribution in [2.45, 2.75) is 13.5 Å². The third-order valence-corrected chi connectivity index (χ3v) is 3.03. The summed E-state index contributed by atoms with van der Waals surface area (Å²) in [6, 6.07) is 5.23. The fourth-order valence-corrected chi connectivity index (χ4v) is 1.93. The predicted molar refractivity (Wildman–Crippen MR) is 75.5 cm³/mol. The number of hydrogen-bond donors (Lipinski definition) is 1. The van der Waals surface area contributed by atoms with E-state index in [1.807, 2.05) is 0 Å². The maximum atomic E-state index is 12.0. The Hall–Kier alpha value is -2.57. The van der Waals surface area contributed by atoms with Crippen molar-refractivity contribution in [2.24, 2.45) is 7.05 Å². The van der Waals surface area contributed by atoms with E-state index in [2.05, 4.69) is 10.4 Å². The van der Waals surface area contributed by atoms with Crippen LogP contribution in [0.4, 0.5) is 0 Å². The lowest BCUT2D eigenvalue weighted by Crippen LogP contribution is -2.38. The molecule has 0 aromatic carbocycles. The van der Waals surface area contributed by atoms with Crippen LogP contribution in [-0.2, 0) is 18.4 Å². The first-order valence-corrected chi connectivity index (χ1v) is 6.52. The van der Waals surface area contributed by atoms with Crippen molar-refractivity contribution in [3.05, 3.63) is 41.6 Å². The molecular formula is C14H18N4O3. The maximum absolute atomic E-state index is 12.0. The van der Waals surface area contributed by atoms with Crippen LogP contribution in [0.15, 0.2) is 28.9 Å². The molecule has 2 rings (SSSR count). The molecular weight excluding hydrogens is 272 g/mol. The van der Waals surface area contributed by atoms with Gasteiger partial charge in [0.05, 0.1) is 25.0 Å². The highest BCUT2D eigenvalue weighted by molar-refractivity contribution is 5.95. The maximum Gasteiger partial charge on any atom is 0.269 e. The minimum atomic E-state index is -0.321. The molecule has 0 aliphatic rings. The third-order valence-electron chi connectivity index (χ3n) is 3.03. The monoisotopic (exact) mass is 290 g/mol. The van der Waals surface area contributed by atoms with Crippen LogP contribution in [0.25, 0.3) is 0 Å². The van der Waals surface area contributed by atoms with E-state index in [-0.39, 0.29) is 18.4 Å². The molecule has 2 aromatic heterocycles. The molecule has 0 aliphatic carbocycles. The smallest absolute Gasteiger partial charge is 0.269 e. The normalized spacial score (nSPS) is 10.4. The number of carbonyl (C=O) groups is 2. The van der Waals surface area contributed by atoms with E-state index in [9.17, 15) is 9.59 Å². The molecule has 2 heterocycles. The zero-order valence-corrected chi connectivity index (χ0v) is 12.3. The number of hydrogen-bond acceptors (Lipinski definition) is 4. The van der Waals surface area contributed by atoms with E-state index in [1.165, 1.54) is 9.58 Å². The van der Waals surface area contributed by atoms with E-state index in [1.54, 1.807) is 45.5 Å². The van der Waals surface area contributed by atoms with Gasteiger partial charge >= 0.3 is 0 Å². The first-order chi connectivity index (χ1) is 9.97. The number of nitrogens with one attached hydrogen (secondary N) is 1. The van der Waals surface area contributed by atoms with Gasteiger partial charge in [0.2, 0.25) is 5.91 Å². The van der Waals surface area contributed by atoms with Crippen molar-refractivity contribution in [3.8, 4) is 0 Å². The number of carbonyl (C=O) groups excluding carboxylic acids is 2. The third kappa shape index (κ3) is 3.71. The summed E-state index contributed by atoms with van der Waals surface area (Å²) in [7, 11) is 3.35. The molecule has 7 heteroatoms. The van der Waals surface area contributed by atoms with Crippen molar-refractivity contribution < 1.29 is 14.0 Å². The lowest BCUT2D eigenvalue weighted by Gasteiger charge is -2.16. The fraction of sp³-hybridized carbons (Fsp3) is 0.357. The van der Waals surface area contributed by atoms with Crippen molar-refractivity contribution >= 4 is 11.8 Å². The highest BCUT2D eigenvalue weighted by Crippen LogP contribution is 2.04. The van der Waals surface area contributed by atoms with Gasteiger partial charge in [-0.05, 0) is 25.1 Å². The molecule has 2 aromatic rings. The minimum absolute atomic E-state index is 0.0692. The Labute approximate surface area is 122 Å². The zero-order chi connectivity index (χ0) is 15.4. The van der Waals surface area contributed by atoms with Crippen LogP contribution in [0.1, 0.15) is 21.9 Å². The van der Waals surface area contributed by atoms with Gasteiger partial charge in [-0.2, -0.15) is 5.10 Å². The molecule has 0 saturated heterocycles. The van der Waals surface area contributed by atoms with Gasteiger partial charge in [0.1, 0.15) is 11.5 Å². The quantitative estimate of drug-likeness (QED) is 0.879. The van der Waals surface area contributed by atoms with E-state index in [0.29, 0.717) is 18.0 Å². The molecule has 0 saturated carbocycles. The van der Waals surface area contributed by atoms with Gasteiger partial charge < -0.3 is 14.6 Å². The number of furan rings is 1. The number of amides is 2.